The molecule has 0 aliphatic heterocycles. The molecule has 0 bridgehead atoms. The molecule has 0 radical (unpaired) electrons. The van der Waals surface area contributed by atoms with Gasteiger partial charge in [0.05, 0.1) is 16.0 Å². The second-order valence-corrected chi connectivity index (χ2v) is 8.24. The number of nitrogens with one attached hydrogen (secondary N) is 1. The quantitative estimate of drug-likeness (QED) is 0.510. The first-order valence-corrected chi connectivity index (χ1v) is 10.4. The Bertz CT molecular complexity index is 1360. The summed E-state index contributed by atoms with van der Waals surface area (Å²) in [6.45, 7) is 0. The van der Waals surface area contributed by atoms with Crippen molar-refractivity contribution in [3.05, 3.63) is 96.2 Å². The predicted octanol–water partition coefficient (Wildman–Crippen LogP) is 3.83. The third-order valence-electron chi connectivity index (χ3n) is 4.57. The highest BCUT2D eigenvalue weighted by Gasteiger charge is 2.33. The molecule has 4 rings (SSSR count). The number of benzene rings is 3. The van der Waals surface area contributed by atoms with Gasteiger partial charge in [0.15, 0.2) is 5.69 Å². The van der Waals surface area contributed by atoms with Crippen LogP contribution in [-0.2, 0) is 10.0 Å². The van der Waals surface area contributed by atoms with Crippen LogP contribution in [0.3, 0.4) is 0 Å². The molecule has 1 aromatic heterocycles. The summed E-state index contributed by atoms with van der Waals surface area (Å²) in [7, 11) is -4.27. The molecule has 0 unspecified atom stereocenters. The molecule has 0 saturated carbocycles. The number of hydrogen-bond acceptors (Lipinski definition) is 4. The summed E-state index contributed by atoms with van der Waals surface area (Å²) in [5, 5.41) is 12.8. The van der Waals surface area contributed by atoms with Crippen LogP contribution >= 0.6 is 0 Å². The maximum atomic E-state index is 13.3. The fourth-order valence-electron chi connectivity index (χ4n) is 3.30. The number of amides is 1. The first-order chi connectivity index (χ1) is 14.4. The van der Waals surface area contributed by atoms with Crippen LogP contribution in [0.25, 0.3) is 10.9 Å². The molecule has 30 heavy (non-hydrogen) atoms. The third kappa shape index (κ3) is 3.23. The van der Waals surface area contributed by atoms with Crippen LogP contribution in [0.4, 0.5) is 5.69 Å². The van der Waals surface area contributed by atoms with E-state index in [-0.39, 0.29) is 21.4 Å². The summed E-state index contributed by atoms with van der Waals surface area (Å²) in [6.07, 6.45) is 0. The van der Waals surface area contributed by atoms with E-state index in [1.807, 2.05) is 0 Å². The number of rotatable bonds is 5. The molecule has 4 aromatic rings. The number of aromatic nitrogens is 1. The molecule has 0 fully saturated rings. The standard InChI is InChI=1S/C22H16N2O5S/c25-21(23-15-9-3-1-4-10-15)19-17-13-7-8-14-18(17)24(20(19)22(26)27)30(28,29)16-11-5-2-6-12-16/h1-14H,(H,23,25)(H,26,27). The Kier molecular flexibility index (Phi) is 4.85. The van der Waals surface area contributed by atoms with Crippen LogP contribution in [0, 0.1) is 0 Å². The second kappa shape index (κ2) is 7.49. The summed E-state index contributed by atoms with van der Waals surface area (Å²) >= 11 is 0. The lowest BCUT2D eigenvalue weighted by Gasteiger charge is -2.10. The highest BCUT2D eigenvalue weighted by Crippen LogP contribution is 2.31. The number of anilines is 1. The van der Waals surface area contributed by atoms with Crippen molar-refractivity contribution in [2.24, 2.45) is 0 Å². The van der Waals surface area contributed by atoms with Crippen molar-refractivity contribution in [2.75, 3.05) is 5.32 Å². The lowest BCUT2D eigenvalue weighted by molar-refractivity contribution is 0.0685. The predicted molar refractivity (Wildman–Crippen MR) is 112 cm³/mol. The Morgan fingerprint density at radius 2 is 1.37 bits per heavy atom. The highest BCUT2D eigenvalue weighted by atomic mass is 32.2. The van der Waals surface area contributed by atoms with E-state index in [1.54, 1.807) is 60.7 Å². The number of hydrogen-bond donors (Lipinski definition) is 2. The van der Waals surface area contributed by atoms with Gasteiger partial charge in [0.1, 0.15) is 0 Å². The number of para-hydroxylation sites is 2. The van der Waals surface area contributed by atoms with Crippen molar-refractivity contribution >= 4 is 38.5 Å². The minimum atomic E-state index is -4.27. The van der Waals surface area contributed by atoms with E-state index in [2.05, 4.69) is 5.32 Å². The molecule has 1 amide bonds. The summed E-state index contributed by atoms with van der Waals surface area (Å²) in [4.78, 5) is 25.1. The monoisotopic (exact) mass is 420 g/mol. The van der Waals surface area contributed by atoms with Gasteiger partial charge in [-0.3, -0.25) is 4.79 Å². The zero-order valence-electron chi connectivity index (χ0n) is 15.5. The SMILES string of the molecule is O=C(Nc1ccccc1)c1c(C(=O)O)n(S(=O)(=O)c2ccccc2)c2ccccc12. The first-order valence-electron chi connectivity index (χ1n) is 8.95. The molecule has 3 aromatic carbocycles. The normalized spacial score (nSPS) is 11.3. The fraction of sp³-hybridized carbons (Fsp3) is 0. The van der Waals surface area contributed by atoms with Gasteiger partial charge in [-0.1, -0.05) is 54.6 Å². The molecular formula is C22H16N2O5S. The van der Waals surface area contributed by atoms with Crippen LogP contribution in [-0.4, -0.2) is 29.4 Å². The lowest BCUT2D eigenvalue weighted by Crippen LogP contribution is -2.22. The Morgan fingerprint density at radius 3 is 2.00 bits per heavy atom. The maximum Gasteiger partial charge on any atom is 0.354 e. The molecule has 0 spiro atoms. The molecule has 7 nitrogen and oxygen atoms in total. The van der Waals surface area contributed by atoms with Gasteiger partial charge in [-0.15, -0.1) is 0 Å². The number of carbonyl (C=O) groups excluding carboxylic acids is 1. The van der Waals surface area contributed by atoms with E-state index in [1.165, 1.54) is 24.3 Å². The van der Waals surface area contributed by atoms with E-state index in [0.29, 0.717) is 5.69 Å². The van der Waals surface area contributed by atoms with Crippen LogP contribution in [0.1, 0.15) is 20.8 Å². The number of fused-ring (bicyclic) bond motifs is 1. The molecule has 0 atom stereocenters. The third-order valence-corrected chi connectivity index (χ3v) is 6.30. The Labute approximate surface area is 172 Å². The minimum Gasteiger partial charge on any atom is -0.477 e. The van der Waals surface area contributed by atoms with E-state index >= 15 is 0 Å². The van der Waals surface area contributed by atoms with Crippen LogP contribution in [0.5, 0.6) is 0 Å². The summed E-state index contributed by atoms with van der Waals surface area (Å²) in [6, 6.07) is 22.2. The van der Waals surface area contributed by atoms with Gasteiger partial charge in [-0.25, -0.2) is 17.2 Å². The van der Waals surface area contributed by atoms with Gasteiger partial charge in [0, 0.05) is 11.1 Å². The number of carboxylic acid groups (broad SMARTS) is 1. The Morgan fingerprint density at radius 1 is 0.800 bits per heavy atom. The van der Waals surface area contributed by atoms with Gasteiger partial charge in [0.25, 0.3) is 15.9 Å². The molecule has 2 N–H and O–H groups in total. The molecule has 0 aliphatic rings. The number of carboxylic acids is 1. The molecule has 8 heteroatoms. The number of carbonyl (C=O) groups is 2. The molecule has 1 heterocycles. The largest absolute Gasteiger partial charge is 0.477 e. The average molecular weight is 420 g/mol. The zero-order valence-corrected chi connectivity index (χ0v) is 16.3. The van der Waals surface area contributed by atoms with Crippen LogP contribution in [0.2, 0.25) is 0 Å². The van der Waals surface area contributed by atoms with Crippen molar-refractivity contribution in [3.8, 4) is 0 Å². The number of aromatic carboxylic acids is 1. The van der Waals surface area contributed by atoms with Gasteiger partial charge in [-0.2, -0.15) is 0 Å². The van der Waals surface area contributed by atoms with E-state index in [4.69, 9.17) is 0 Å². The minimum absolute atomic E-state index is 0.0803. The van der Waals surface area contributed by atoms with Crippen LogP contribution in [0.15, 0.2) is 89.8 Å². The molecule has 150 valence electrons. The molecule has 0 saturated heterocycles. The fourth-order valence-corrected chi connectivity index (χ4v) is 4.84. The average Bonchev–Trinajstić information content (AvgIpc) is 3.11. The summed E-state index contributed by atoms with van der Waals surface area (Å²) in [5.74, 6) is -2.24. The Hall–Kier alpha value is -3.91. The highest BCUT2D eigenvalue weighted by molar-refractivity contribution is 7.90. The van der Waals surface area contributed by atoms with E-state index in [0.717, 1.165) is 3.97 Å². The second-order valence-electron chi connectivity index (χ2n) is 6.45. The van der Waals surface area contributed by atoms with Gasteiger partial charge in [0.2, 0.25) is 0 Å². The summed E-state index contributed by atoms with van der Waals surface area (Å²) in [5.41, 5.74) is -0.270. The smallest absolute Gasteiger partial charge is 0.354 e. The summed E-state index contributed by atoms with van der Waals surface area (Å²) < 4.78 is 27.4. The van der Waals surface area contributed by atoms with Crippen molar-refractivity contribution in [1.29, 1.82) is 0 Å². The van der Waals surface area contributed by atoms with Gasteiger partial charge in [-0.05, 0) is 30.3 Å². The maximum absolute atomic E-state index is 13.3. The Balaban J connectivity index is 2.00. The van der Waals surface area contributed by atoms with Crippen molar-refractivity contribution in [2.45, 2.75) is 4.90 Å². The topological polar surface area (TPSA) is 105 Å². The van der Waals surface area contributed by atoms with E-state index < -0.39 is 27.6 Å². The van der Waals surface area contributed by atoms with Crippen molar-refractivity contribution in [1.82, 2.24) is 3.97 Å². The number of nitrogens with zero attached hydrogens (tertiary/aromatic N) is 1. The molecular weight excluding hydrogens is 404 g/mol. The van der Waals surface area contributed by atoms with Gasteiger partial charge >= 0.3 is 5.97 Å². The van der Waals surface area contributed by atoms with Crippen molar-refractivity contribution in [3.63, 3.8) is 0 Å². The van der Waals surface area contributed by atoms with Gasteiger partial charge < -0.3 is 10.4 Å². The first kappa shape index (κ1) is 19.4. The molecule has 0 aliphatic carbocycles. The van der Waals surface area contributed by atoms with Crippen LogP contribution < -0.4 is 5.32 Å². The van der Waals surface area contributed by atoms with Crippen molar-refractivity contribution < 1.29 is 23.1 Å². The van der Waals surface area contributed by atoms with E-state index in [9.17, 15) is 23.1 Å². The lowest BCUT2D eigenvalue weighted by atomic mass is 10.1. The zero-order chi connectivity index (χ0) is 21.3.